The summed E-state index contributed by atoms with van der Waals surface area (Å²) < 4.78 is 0. The van der Waals surface area contributed by atoms with Crippen LogP contribution in [0.1, 0.15) is 19.3 Å². The highest BCUT2D eigenvalue weighted by Crippen LogP contribution is 2.33. The molecule has 0 radical (unpaired) electrons. The molecule has 1 unspecified atom stereocenters. The fourth-order valence-electron chi connectivity index (χ4n) is 3.68. The molecule has 2 aliphatic heterocycles. The fourth-order valence-corrected chi connectivity index (χ4v) is 3.68. The smallest absolute Gasteiger partial charge is 0.323 e. The van der Waals surface area contributed by atoms with Crippen molar-refractivity contribution in [2.75, 3.05) is 44.7 Å². The molecule has 3 rings (SSSR count). The van der Waals surface area contributed by atoms with Crippen LogP contribution in [0.25, 0.3) is 0 Å². The molecular weight excluding hydrogens is 310 g/mol. The molecule has 1 N–H and O–H groups in total. The Kier molecular flexibility index (Phi) is 4.66. The van der Waals surface area contributed by atoms with E-state index in [1.807, 2.05) is 12.1 Å². The molecule has 130 valence electrons. The van der Waals surface area contributed by atoms with Crippen LogP contribution in [-0.4, -0.2) is 82.3 Å². The average molecular weight is 333 g/mol. The maximum absolute atomic E-state index is 12.2. The van der Waals surface area contributed by atoms with E-state index in [2.05, 4.69) is 27.0 Å². The monoisotopic (exact) mass is 333 g/mol. The molecule has 2 fully saturated rings. The summed E-state index contributed by atoms with van der Waals surface area (Å²) in [5.41, 5.74) is -0.140. The van der Waals surface area contributed by atoms with Crippen LogP contribution in [0.3, 0.4) is 0 Å². The summed E-state index contributed by atoms with van der Waals surface area (Å²) in [6.07, 6.45) is 3.53. The topological polar surface area (TPSA) is 89.9 Å². The van der Waals surface area contributed by atoms with E-state index in [9.17, 15) is 9.59 Å². The second kappa shape index (κ2) is 6.72. The summed E-state index contributed by atoms with van der Waals surface area (Å²) in [6.45, 7) is 2.78. The number of hydrogen-bond donors (Lipinski definition) is 1. The molecular formula is C16H23N5O3. The second-order valence-corrected chi connectivity index (χ2v) is 6.61. The van der Waals surface area contributed by atoms with Gasteiger partial charge in [-0.3, -0.25) is 14.5 Å². The summed E-state index contributed by atoms with van der Waals surface area (Å²) >= 11 is 0. The molecule has 24 heavy (non-hydrogen) atoms. The lowest BCUT2D eigenvalue weighted by Crippen LogP contribution is -2.61. The van der Waals surface area contributed by atoms with Crippen molar-refractivity contribution in [2.24, 2.45) is 0 Å². The molecule has 1 aromatic rings. The Morgan fingerprint density at radius 3 is 2.88 bits per heavy atom. The van der Waals surface area contributed by atoms with E-state index in [1.54, 1.807) is 6.20 Å². The number of piperazine rings is 1. The number of hydrogen-bond acceptors (Lipinski definition) is 6. The minimum absolute atomic E-state index is 0.0701. The van der Waals surface area contributed by atoms with Gasteiger partial charge in [0.1, 0.15) is 6.54 Å². The molecule has 1 atom stereocenters. The van der Waals surface area contributed by atoms with Gasteiger partial charge in [-0.1, -0.05) is 0 Å². The van der Waals surface area contributed by atoms with E-state index in [0.717, 1.165) is 38.3 Å². The third-order valence-electron chi connectivity index (χ3n) is 5.21. The van der Waals surface area contributed by atoms with E-state index < -0.39 is 5.97 Å². The van der Waals surface area contributed by atoms with Gasteiger partial charge in [0.25, 0.3) is 0 Å². The summed E-state index contributed by atoms with van der Waals surface area (Å²) in [7, 11) is 2.09. The highest BCUT2D eigenvalue weighted by atomic mass is 16.4. The van der Waals surface area contributed by atoms with Crippen molar-refractivity contribution >= 4 is 17.7 Å². The number of likely N-dealkylation sites (tertiary alicyclic amines) is 1. The van der Waals surface area contributed by atoms with Gasteiger partial charge in [-0.05, 0) is 32.0 Å². The first-order valence-electron chi connectivity index (χ1n) is 8.24. The van der Waals surface area contributed by atoms with Crippen LogP contribution in [0.4, 0.5) is 5.82 Å². The van der Waals surface area contributed by atoms with Crippen molar-refractivity contribution in [2.45, 2.75) is 24.8 Å². The lowest BCUT2D eigenvalue weighted by atomic mass is 9.86. The Hall–Kier alpha value is -2.22. The highest BCUT2D eigenvalue weighted by Gasteiger charge is 2.42. The number of rotatable bonds is 3. The van der Waals surface area contributed by atoms with Gasteiger partial charge in [-0.15, -0.1) is 5.10 Å². The number of anilines is 1. The molecule has 0 saturated carbocycles. The quantitative estimate of drug-likeness (QED) is 0.837. The first kappa shape index (κ1) is 16.6. The molecule has 1 aromatic heterocycles. The normalized spacial score (nSPS) is 25.8. The van der Waals surface area contributed by atoms with E-state index in [1.165, 1.54) is 4.90 Å². The van der Waals surface area contributed by atoms with Crippen LogP contribution in [-0.2, 0) is 9.59 Å². The summed E-state index contributed by atoms with van der Waals surface area (Å²) in [5.74, 6) is -0.181. The SMILES string of the molecule is CN1CCN(c2cccnn2)CC12CCC(=O)N(CC(=O)O)CC2. The molecule has 2 aliphatic rings. The van der Waals surface area contributed by atoms with Gasteiger partial charge in [-0.2, -0.15) is 5.10 Å². The number of aliphatic carboxylic acids is 1. The van der Waals surface area contributed by atoms with Crippen LogP contribution in [0.15, 0.2) is 18.3 Å². The van der Waals surface area contributed by atoms with E-state index >= 15 is 0 Å². The number of carbonyl (C=O) groups is 2. The standard InChI is InChI=1S/C16H23N5O3/c1-19-9-10-21(13-3-2-7-17-18-13)12-16(19)5-4-14(22)20(8-6-16)11-15(23)24/h2-3,7H,4-6,8-12H2,1H3,(H,23,24). The lowest BCUT2D eigenvalue weighted by molar-refractivity contribution is -0.144. The Balaban J connectivity index is 1.77. The zero-order chi connectivity index (χ0) is 17.2. The molecule has 1 amide bonds. The number of likely N-dealkylation sites (N-methyl/N-ethyl adjacent to an activating group) is 1. The average Bonchev–Trinajstić information content (AvgIpc) is 2.72. The Labute approximate surface area is 141 Å². The molecule has 3 heterocycles. The minimum atomic E-state index is -0.961. The second-order valence-electron chi connectivity index (χ2n) is 6.61. The predicted molar refractivity (Wildman–Crippen MR) is 87.7 cm³/mol. The van der Waals surface area contributed by atoms with Crippen LogP contribution in [0, 0.1) is 0 Å². The lowest BCUT2D eigenvalue weighted by Gasteiger charge is -2.49. The largest absolute Gasteiger partial charge is 0.480 e. The van der Waals surface area contributed by atoms with Crippen molar-refractivity contribution in [3.63, 3.8) is 0 Å². The number of nitrogens with zero attached hydrogens (tertiary/aromatic N) is 5. The first-order chi connectivity index (χ1) is 11.5. The van der Waals surface area contributed by atoms with Gasteiger partial charge in [0.2, 0.25) is 5.91 Å². The summed E-state index contributed by atoms with van der Waals surface area (Å²) in [4.78, 5) is 29.2. The highest BCUT2D eigenvalue weighted by molar-refractivity contribution is 5.81. The van der Waals surface area contributed by atoms with Gasteiger partial charge >= 0.3 is 5.97 Å². The number of carboxylic acid groups (broad SMARTS) is 1. The summed E-state index contributed by atoms with van der Waals surface area (Å²) in [6, 6.07) is 3.82. The van der Waals surface area contributed by atoms with E-state index in [0.29, 0.717) is 13.0 Å². The maximum atomic E-state index is 12.2. The van der Waals surface area contributed by atoms with Crippen molar-refractivity contribution < 1.29 is 14.7 Å². The first-order valence-corrected chi connectivity index (χ1v) is 8.24. The van der Waals surface area contributed by atoms with Gasteiger partial charge in [0.05, 0.1) is 0 Å². The minimum Gasteiger partial charge on any atom is -0.480 e. The molecule has 8 nitrogen and oxygen atoms in total. The zero-order valence-corrected chi connectivity index (χ0v) is 13.9. The molecule has 1 spiro atoms. The van der Waals surface area contributed by atoms with E-state index in [-0.39, 0.29) is 18.0 Å². The van der Waals surface area contributed by atoms with E-state index in [4.69, 9.17) is 5.11 Å². The zero-order valence-electron chi connectivity index (χ0n) is 13.9. The number of amides is 1. The predicted octanol–water partition coefficient (Wildman–Crippen LogP) is 0.0643. The Morgan fingerprint density at radius 1 is 1.33 bits per heavy atom. The summed E-state index contributed by atoms with van der Waals surface area (Å²) in [5, 5.41) is 17.1. The number of aromatic nitrogens is 2. The van der Waals surface area contributed by atoms with Crippen LogP contribution in [0.2, 0.25) is 0 Å². The van der Waals surface area contributed by atoms with Crippen LogP contribution in [0.5, 0.6) is 0 Å². The Bertz CT molecular complexity index is 611. The Morgan fingerprint density at radius 2 is 2.17 bits per heavy atom. The van der Waals surface area contributed by atoms with Gasteiger partial charge in [0, 0.05) is 44.3 Å². The molecule has 8 heteroatoms. The van der Waals surface area contributed by atoms with Crippen molar-refractivity contribution in [1.29, 1.82) is 0 Å². The fraction of sp³-hybridized carbons (Fsp3) is 0.625. The van der Waals surface area contributed by atoms with Crippen molar-refractivity contribution in [1.82, 2.24) is 20.0 Å². The van der Waals surface area contributed by atoms with Crippen LogP contribution >= 0.6 is 0 Å². The molecule has 2 saturated heterocycles. The van der Waals surface area contributed by atoms with Crippen molar-refractivity contribution in [3.8, 4) is 0 Å². The number of carbonyl (C=O) groups excluding carboxylic acids is 1. The van der Waals surface area contributed by atoms with Gasteiger partial charge < -0.3 is 14.9 Å². The van der Waals surface area contributed by atoms with Crippen LogP contribution < -0.4 is 4.90 Å². The molecule has 0 aliphatic carbocycles. The van der Waals surface area contributed by atoms with Crippen molar-refractivity contribution in [3.05, 3.63) is 18.3 Å². The van der Waals surface area contributed by atoms with Gasteiger partial charge in [-0.25, -0.2) is 0 Å². The van der Waals surface area contributed by atoms with Gasteiger partial charge in [0.15, 0.2) is 5.82 Å². The maximum Gasteiger partial charge on any atom is 0.323 e. The third kappa shape index (κ3) is 3.33. The molecule has 0 aromatic carbocycles. The number of carboxylic acids is 1. The molecule has 0 bridgehead atoms. The third-order valence-corrected chi connectivity index (χ3v) is 5.21.